The summed E-state index contributed by atoms with van der Waals surface area (Å²) in [5.74, 6) is -0.440. The van der Waals surface area contributed by atoms with Crippen LogP contribution in [0.2, 0.25) is 0 Å². The number of carbonyl (C=O) groups excluding carboxylic acids is 2. The standard InChI is InChI=1S/C19H28N4O3/c1-5-26-19(25)16-15-7-6-13(12-21(2)3)18(24)17(15)23(20-16)14-8-10-22(4)11-9-14/h12,14H,5-11H2,1-4H3. The summed E-state index contributed by atoms with van der Waals surface area (Å²) in [6, 6.07) is 0.144. The third-order valence-corrected chi connectivity index (χ3v) is 5.08. The first kappa shape index (κ1) is 18.6. The van der Waals surface area contributed by atoms with Crippen LogP contribution in [-0.2, 0) is 11.2 Å². The predicted molar refractivity (Wildman–Crippen MR) is 98.4 cm³/mol. The summed E-state index contributed by atoms with van der Waals surface area (Å²) in [5, 5.41) is 4.59. The molecule has 2 aliphatic rings. The Labute approximate surface area is 154 Å². The van der Waals surface area contributed by atoms with Gasteiger partial charge in [-0.05, 0) is 52.7 Å². The summed E-state index contributed by atoms with van der Waals surface area (Å²) in [7, 11) is 5.92. The number of piperidine rings is 1. The van der Waals surface area contributed by atoms with Crippen LogP contribution >= 0.6 is 0 Å². The van der Waals surface area contributed by atoms with E-state index < -0.39 is 5.97 Å². The molecule has 0 bridgehead atoms. The van der Waals surface area contributed by atoms with Gasteiger partial charge in [0.05, 0.1) is 12.6 Å². The van der Waals surface area contributed by atoms with Gasteiger partial charge in [0.2, 0.25) is 5.78 Å². The largest absolute Gasteiger partial charge is 0.461 e. The van der Waals surface area contributed by atoms with E-state index in [1.54, 1.807) is 6.92 Å². The highest BCUT2D eigenvalue weighted by Crippen LogP contribution is 2.33. The molecular formula is C19H28N4O3. The molecule has 1 fully saturated rings. The molecule has 0 saturated carbocycles. The lowest BCUT2D eigenvalue weighted by atomic mass is 9.90. The monoisotopic (exact) mass is 360 g/mol. The molecule has 0 spiro atoms. The van der Waals surface area contributed by atoms with Crippen LogP contribution in [0.3, 0.4) is 0 Å². The topological polar surface area (TPSA) is 67.7 Å². The first-order chi connectivity index (χ1) is 12.4. The Hall–Kier alpha value is -2.15. The van der Waals surface area contributed by atoms with E-state index in [0.29, 0.717) is 30.8 Å². The van der Waals surface area contributed by atoms with Gasteiger partial charge < -0.3 is 14.5 Å². The normalized spacial score (nSPS) is 20.3. The van der Waals surface area contributed by atoms with Gasteiger partial charge in [-0.1, -0.05) is 0 Å². The Bertz CT molecular complexity index is 727. The molecule has 0 amide bonds. The lowest BCUT2D eigenvalue weighted by Crippen LogP contribution is -2.33. The highest BCUT2D eigenvalue weighted by Gasteiger charge is 2.35. The quantitative estimate of drug-likeness (QED) is 0.603. The molecule has 0 aromatic carbocycles. The van der Waals surface area contributed by atoms with E-state index in [1.807, 2.05) is 29.9 Å². The van der Waals surface area contributed by atoms with Crippen molar-refractivity contribution < 1.29 is 14.3 Å². The van der Waals surface area contributed by atoms with Crippen LogP contribution in [-0.4, -0.2) is 72.2 Å². The maximum atomic E-state index is 13.2. The van der Waals surface area contributed by atoms with E-state index in [4.69, 9.17) is 4.74 Å². The number of rotatable bonds is 4. The number of ether oxygens (including phenoxy) is 1. The minimum atomic E-state index is -0.428. The Morgan fingerprint density at radius 2 is 2.00 bits per heavy atom. The second-order valence-electron chi connectivity index (χ2n) is 7.32. The van der Waals surface area contributed by atoms with Crippen molar-refractivity contribution in [3.8, 4) is 0 Å². The zero-order chi connectivity index (χ0) is 18.8. The van der Waals surface area contributed by atoms with Crippen molar-refractivity contribution in [2.45, 2.75) is 38.6 Å². The molecule has 1 aliphatic heterocycles. The van der Waals surface area contributed by atoms with E-state index in [1.165, 1.54) is 0 Å². The number of nitrogens with zero attached hydrogens (tertiary/aromatic N) is 4. The van der Waals surface area contributed by atoms with Crippen LogP contribution in [0.1, 0.15) is 58.8 Å². The van der Waals surface area contributed by atoms with Crippen molar-refractivity contribution in [3.63, 3.8) is 0 Å². The van der Waals surface area contributed by atoms with Crippen molar-refractivity contribution in [2.24, 2.45) is 0 Å². The van der Waals surface area contributed by atoms with E-state index in [9.17, 15) is 9.59 Å². The lowest BCUT2D eigenvalue weighted by Gasteiger charge is -2.30. The molecule has 26 heavy (non-hydrogen) atoms. The Morgan fingerprint density at radius 3 is 2.62 bits per heavy atom. The average molecular weight is 360 g/mol. The van der Waals surface area contributed by atoms with Crippen molar-refractivity contribution in [2.75, 3.05) is 40.8 Å². The number of fused-ring (bicyclic) bond motifs is 1. The summed E-state index contributed by atoms with van der Waals surface area (Å²) in [5.41, 5.74) is 2.43. The molecular weight excluding hydrogens is 332 g/mol. The molecule has 1 aromatic rings. The fourth-order valence-electron chi connectivity index (χ4n) is 3.77. The number of allylic oxidation sites excluding steroid dienone is 1. The van der Waals surface area contributed by atoms with Gasteiger partial charge in [0.1, 0.15) is 5.69 Å². The predicted octanol–water partition coefficient (Wildman–Crippen LogP) is 1.90. The number of Topliss-reactive ketones (excluding diaryl/α,β-unsaturated/α-hetero) is 1. The number of esters is 1. The second-order valence-corrected chi connectivity index (χ2v) is 7.32. The average Bonchev–Trinajstić information content (AvgIpc) is 2.98. The van der Waals surface area contributed by atoms with E-state index in [2.05, 4.69) is 17.0 Å². The molecule has 1 aliphatic carbocycles. The Kier molecular flexibility index (Phi) is 5.46. The minimum Gasteiger partial charge on any atom is -0.461 e. The second kappa shape index (κ2) is 7.61. The van der Waals surface area contributed by atoms with Crippen molar-refractivity contribution in [1.29, 1.82) is 0 Å². The summed E-state index contributed by atoms with van der Waals surface area (Å²) in [6.07, 6.45) is 4.98. The minimum absolute atomic E-state index is 0.0121. The zero-order valence-corrected chi connectivity index (χ0v) is 16.1. The number of hydrogen-bond donors (Lipinski definition) is 0. The van der Waals surface area contributed by atoms with Gasteiger partial charge in [0.15, 0.2) is 5.69 Å². The van der Waals surface area contributed by atoms with Gasteiger partial charge in [0.25, 0.3) is 0 Å². The van der Waals surface area contributed by atoms with Crippen molar-refractivity contribution >= 4 is 11.8 Å². The first-order valence-corrected chi connectivity index (χ1v) is 9.31. The van der Waals surface area contributed by atoms with E-state index >= 15 is 0 Å². The number of aromatic nitrogens is 2. The molecule has 7 heteroatoms. The third kappa shape index (κ3) is 3.53. The summed E-state index contributed by atoms with van der Waals surface area (Å²) < 4.78 is 7.00. The molecule has 3 rings (SSSR count). The number of carbonyl (C=O) groups is 2. The SMILES string of the molecule is CCOC(=O)c1nn(C2CCN(C)CC2)c2c1CCC(=CN(C)C)C2=O. The highest BCUT2D eigenvalue weighted by molar-refractivity contribution is 6.11. The van der Waals surface area contributed by atoms with Crippen LogP contribution < -0.4 is 0 Å². The fourth-order valence-corrected chi connectivity index (χ4v) is 3.77. The van der Waals surface area contributed by atoms with E-state index in [0.717, 1.165) is 37.1 Å². The summed E-state index contributed by atoms with van der Waals surface area (Å²) >= 11 is 0. The summed E-state index contributed by atoms with van der Waals surface area (Å²) in [4.78, 5) is 29.7. The molecule has 2 heterocycles. The number of ketones is 1. The number of hydrogen-bond acceptors (Lipinski definition) is 6. The van der Waals surface area contributed by atoms with Gasteiger partial charge in [-0.3, -0.25) is 9.48 Å². The van der Waals surface area contributed by atoms with Crippen LogP contribution in [0.25, 0.3) is 0 Å². The summed E-state index contributed by atoms with van der Waals surface area (Å²) in [6.45, 7) is 4.00. The molecule has 0 N–H and O–H groups in total. The van der Waals surface area contributed by atoms with Crippen molar-refractivity contribution in [1.82, 2.24) is 19.6 Å². The number of likely N-dealkylation sites (tertiary alicyclic amines) is 1. The van der Waals surface area contributed by atoms with E-state index in [-0.39, 0.29) is 11.8 Å². The third-order valence-electron chi connectivity index (χ3n) is 5.08. The first-order valence-electron chi connectivity index (χ1n) is 9.31. The maximum absolute atomic E-state index is 13.2. The zero-order valence-electron chi connectivity index (χ0n) is 16.1. The van der Waals surface area contributed by atoms with Crippen LogP contribution in [0.4, 0.5) is 0 Å². The van der Waals surface area contributed by atoms with Gasteiger partial charge in [0, 0.05) is 31.4 Å². The smallest absolute Gasteiger partial charge is 0.359 e. The van der Waals surface area contributed by atoms with Crippen molar-refractivity contribution in [3.05, 3.63) is 28.7 Å². The van der Waals surface area contributed by atoms with Gasteiger partial charge in [-0.25, -0.2) is 4.79 Å². The van der Waals surface area contributed by atoms with Gasteiger partial charge in [-0.15, -0.1) is 0 Å². The molecule has 7 nitrogen and oxygen atoms in total. The Balaban J connectivity index is 2.04. The maximum Gasteiger partial charge on any atom is 0.359 e. The van der Waals surface area contributed by atoms with Crippen LogP contribution in [0.15, 0.2) is 11.8 Å². The van der Waals surface area contributed by atoms with Gasteiger partial charge >= 0.3 is 5.97 Å². The lowest BCUT2D eigenvalue weighted by molar-refractivity contribution is 0.0516. The fraction of sp³-hybridized carbons (Fsp3) is 0.632. The van der Waals surface area contributed by atoms with Crippen LogP contribution in [0, 0.1) is 0 Å². The van der Waals surface area contributed by atoms with Crippen LogP contribution in [0.5, 0.6) is 0 Å². The molecule has 1 aromatic heterocycles. The van der Waals surface area contributed by atoms with Gasteiger partial charge in [-0.2, -0.15) is 5.10 Å². The molecule has 142 valence electrons. The molecule has 0 atom stereocenters. The molecule has 0 radical (unpaired) electrons. The molecule has 0 unspecified atom stereocenters. The highest BCUT2D eigenvalue weighted by atomic mass is 16.5. The molecule has 1 saturated heterocycles. The Morgan fingerprint density at radius 1 is 1.31 bits per heavy atom.